The Hall–Kier alpha value is -3.22. The first-order valence-electron chi connectivity index (χ1n) is 7.61. The first-order valence-corrected chi connectivity index (χ1v) is 8.40. The molecule has 0 aromatic heterocycles. The van der Waals surface area contributed by atoms with Crippen LogP contribution in [-0.2, 0) is 0 Å². The lowest BCUT2D eigenvalue weighted by atomic mass is 9.83. The summed E-state index contributed by atoms with van der Waals surface area (Å²) in [6, 6.07) is 19.7. The number of allylic oxidation sites excluding steroid dienone is 2. The summed E-state index contributed by atoms with van der Waals surface area (Å²) >= 11 is 3.45. The van der Waals surface area contributed by atoms with Crippen LogP contribution in [0, 0.1) is 22.7 Å². The Bertz CT molecular complexity index is 1040. The Kier molecular flexibility index (Phi) is 3.49. The molecular formula is C19H12BrN5. The van der Waals surface area contributed by atoms with Crippen LogP contribution in [-0.4, -0.2) is 0 Å². The molecular weight excluding hydrogens is 378 g/mol. The standard InChI is InChI=1S/C19H12BrN5/c20-12-5-3-4-11(8-12)17-13(9-21)18(23)25-16-7-2-1-6-15(16)24-19(25)14(17)10-22/h1-8,17,24H,23H2/t17-/m0/s1. The summed E-state index contributed by atoms with van der Waals surface area (Å²) in [6.45, 7) is 0. The van der Waals surface area contributed by atoms with E-state index in [0.29, 0.717) is 22.8 Å². The Balaban J connectivity index is 1.98. The molecule has 2 aromatic rings. The van der Waals surface area contributed by atoms with E-state index in [-0.39, 0.29) is 0 Å². The van der Waals surface area contributed by atoms with Crippen LogP contribution in [0.5, 0.6) is 0 Å². The molecule has 6 heteroatoms. The second-order valence-electron chi connectivity index (χ2n) is 5.75. The number of nitrogens with zero attached hydrogens (tertiary/aromatic N) is 3. The topological polar surface area (TPSA) is 88.9 Å². The maximum Gasteiger partial charge on any atom is 0.131 e. The molecule has 2 aliphatic rings. The Labute approximate surface area is 153 Å². The molecule has 0 aliphatic carbocycles. The lowest BCUT2D eigenvalue weighted by Gasteiger charge is -2.31. The van der Waals surface area contributed by atoms with Gasteiger partial charge in [-0.1, -0.05) is 40.2 Å². The monoisotopic (exact) mass is 389 g/mol. The summed E-state index contributed by atoms with van der Waals surface area (Å²) in [5, 5.41) is 22.9. The van der Waals surface area contributed by atoms with Crippen LogP contribution in [0.4, 0.5) is 11.4 Å². The van der Waals surface area contributed by atoms with Crippen LogP contribution in [0.3, 0.4) is 0 Å². The number of halogens is 1. The third kappa shape index (κ3) is 2.20. The van der Waals surface area contributed by atoms with Crippen molar-refractivity contribution in [2.45, 2.75) is 5.92 Å². The van der Waals surface area contributed by atoms with Crippen molar-refractivity contribution in [1.29, 1.82) is 10.5 Å². The van der Waals surface area contributed by atoms with Gasteiger partial charge in [0.1, 0.15) is 11.6 Å². The second kappa shape index (κ2) is 5.70. The van der Waals surface area contributed by atoms with Crippen LogP contribution < -0.4 is 16.0 Å². The fourth-order valence-electron chi connectivity index (χ4n) is 3.32. The number of para-hydroxylation sites is 2. The molecule has 0 bridgehead atoms. The highest BCUT2D eigenvalue weighted by molar-refractivity contribution is 9.10. The van der Waals surface area contributed by atoms with Crippen molar-refractivity contribution < 1.29 is 0 Å². The molecule has 3 N–H and O–H groups in total. The summed E-state index contributed by atoms with van der Waals surface area (Å²) in [7, 11) is 0. The van der Waals surface area contributed by atoms with Crippen LogP contribution >= 0.6 is 15.9 Å². The Morgan fingerprint density at radius 3 is 2.52 bits per heavy atom. The van der Waals surface area contributed by atoms with Crippen molar-refractivity contribution in [3.8, 4) is 12.1 Å². The van der Waals surface area contributed by atoms with E-state index in [9.17, 15) is 10.5 Å². The third-order valence-corrected chi connectivity index (χ3v) is 4.89. The largest absolute Gasteiger partial charge is 0.384 e. The van der Waals surface area contributed by atoms with Gasteiger partial charge < -0.3 is 11.1 Å². The zero-order chi connectivity index (χ0) is 17.6. The molecule has 4 rings (SSSR count). The molecule has 25 heavy (non-hydrogen) atoms. The van der Waals surface area contributed by atoms with Gasteiger partial charge in [-0.15, -0.1) is 0 Å². The van der Waals surface area contributed by atoms with Gasteiger partial charge in [0.15, 0.2) is 0 Å². The number of rotatable bonds is 1. The second-order valence-corrected chi connectivity index (χ2v) is 6.67. The lowest BCUT2D eigenvalue weighted by molar-refractivity contribution is 0.868. The lowest BCUT2D eigenvalue weighted by Crippen LogP contribution is -2.34. The highest BCUT2D eigenvalue weighted by Gasteiger charge is 2.40. The SMILES string of the molecule is N#CC1=C(N)N2C(=C(C#N)[C@H]1c1cccc(Br)c1)Nc1ccccc12. The molecule has 0 amide bonds. The minimum absolute atomic E-state index is 0.346. The Morgan fingerprint density at radius 2 is 1.80 bits per heavy atom. The molecule has 2 aliphatic heterocycles. The van der Waals surface area contributed by atoms with Crippen LogP contribution in [0.2, 0.25) is 0 Å². The first kappa shape index (κ1) is 15.3. The molecule has 120 valence electrons. The highest BCUT2D eigenvalue weighted by Crippen LogP contribution is 2.47. The van der Waals surface area contributed by atoms with Gasteiger partial charge >= 0.3 is 0 Å². The number of fused-ring (bicyclic) bond motifs is 3. The van der Waals surface area contributed by atoms with E-state index in [4.69, 9.17) is 5.73 Å². The molecule has 5 nitrogen and oxygen atoms in total. The van der Waals surface area contributed by atoms with Crippen molar-refractivity contribution in [3.63, 3.8) is 0 Å². The number of anilines is 2. The van der Waals surface area contributed by atoms with Gasteiger partial charge in [-0.3, -0.25) is 4.90 Å². The molecule has 2 heterocycles. The molecule has 2 aromatic carbocycles. The Morgan fingerprint density at radius 1 is 1.04 bits per heavy atom. The number of nitrogens with two attached hydrogens (primary N) is 1. The van der Waals surface area contributed by atoms with Crippen molar-refractivity contribution in [1.82, 2.24) is 0 Å². The number of hydrogen-bond donors (Lipinski definition) is 2. The summed E-state index contributed by atoms with van der Waals surface area (Å²) in [6.07, 6.45) is 0. The van der Waals surface area contributed by atoms with E-state index in [1.54, 1.807) is 4.90 Å². The maximum absolute atomic E-state index is 9.86. The van der Waals surface area contributed by atoms with Crippen LogP contribution in [0.25, 0.3) is 0 Å². The van der Waals surface area contributed by atoms with Gasteiger partial charge in [-0.25, -0.2) is 0 Å². The van der Waals surface area contributed by atoms with E-state index in [0.717, 1.165) is 21.4 Å². The van der Waals surface area contributed by atoms with E-state index >= 15 is 0 Å². The van der Waals surface area contributed by atoms with E-state index in [2.05, 4.69) is 33.4 Å². The van der Waals surface area contributed by atoms with Crippen molar-refractivity contribution in [3.05, 3.63) is 81.4 Å². The van der Waals surface area contributed by atoms with Crippen LogP contribution in [0.15, 0.2) is 75.8 Å². The highest BCUT2D eigenvalue weighted by atomic mass is 79.9. The minimum atomic E-state index is -0.499. The molecule has 0 unspecified atom stereocenters. The van der Waals surface area contributed by atoms with Gasteiger partial charge in [0.05, 0.1) is 40.6 Å². The van der Waals surface area contributed by atoms with Gasteiger partial charge in [0, 0.05) is 4.47 Å². The summed E-state index contributed by atoms with van der Waals surface area (Å²) in [5.41, 5.74) is 9.75. The molecule has 0 saturated heterocycles. The van der Waals surface area contributed by atoms with Gasteiger partial charge in [-0.05, 0) is 29.8 Å². The van der Waals surface area contributed by atoms with Crippen molar-refractivity contribution >= 4 is 27.3 Å². The zero-order valence-corrected chi connectivity index (χ0v) is 14.6. The van der Waals surface area contributed by atoms with E-state index in [1.165, 1.54) is 0 Å². The molecule has 0 saturated carbocycles. The van der Waals surface area contributed by atoms with Gasteiger partial charge in [-0.2, -0.15) is 10.5 Å². The predicted molar refractivity (Wildman–Crippen MR) is 98.9 cm³/mol. The average Bonchev–Trinajstić information content (AvgIpc) is 3.01. The number of nitriles is 2. The van der Waals surface area contributed by atoms with Crippen molar-refractivity contribution in [2.24, 2.45) is 5.73 Å². The number of nitrogens with one attached hydrogen (secondary N) is 1. The average molecular weight is 390 g/mol. The van der Waals surface area contributed by atoms with Crippen LogP contribution in [0.1, 0.15) is 11.5 Å². The molecule has 0 radical (unpaired) electrons. The number of hydrogen-bond acceptors (Lipinski definition) is 5. The fourth-order valence-corrected chi connectivity index (χ4v) is 3.74. The van der Waals surface area contributed by atoms with E-state index in [1.807, 2.05) is 48.5 Å². The quantitative estimate of drug-likeness (QED) is 0.771. The number of benzene rings is 2. The summed E-state index contributed by atoms with van der Waals surface area (Å²) < 4.78 is 0.883. The van der Waals surface area contributed by atoms with Gasteiger partial charge in [0.2, 0.25) is 0 Å². The molecule has 1 atom stereocenters. The normalized spacial score (nSPS) is 18.2. The molecule has 0 fully saturated rings. The predicted octanol–water partition coefficient (Wildman–Crippen LogP) is 3.91. The smallest absolute Gasteiger partial charge is 0.131 e. The van der Waals surface area contributed by atoms with Gasteiger partial charge in [0.25, 0.3) is 0 Å². The third-order valence-electron chi connectivity index (χ3n) is 4.39. The zero-order valence-electron chi connectivity index (χ0n) is 13.0. The maximum atomic E-state index is 9.86. The van der Waals surface area contributed by atoms with E-state index < -0.39 is 5.92 Å². The summed E-state index contributed by atoms with van der Waals surface area (Å²) in [4.78, 5) is 1.75. The minimum Gasteiger partial charge on any atom is -0.384 e. The summed E-state index contributed by atoms with van der Waals surface area (Å²) in [5.74, 6) is 0.463. The fraction of sp³-hybridized carbons (Fsp3) is 0.0526. The molecule has 0 spiro atoms. The van der Waals surface area contributed by atoms with Crippen molar-refractivity contribution in [2.75, 3.05) is 10.2 Å². The first-order chi connectivity index (χ1) is 12.2.